The molecule has 3 unspecified atom stereocenters. The summed E-state index contributed by atoms with van der Waals surface area (Å²) < 4.78 is 7.64. The lowest BCUT2D eigenvalue weighted by molar-refractivity contribution is -0.121. The Hall–Kier alpha value is -2.22. The Kier molecular flexibility index (Phi) is 8.75. The van der Waals surface area contributed by atoms with Crippen molar-refractivity contribution in [3.8, 4) is 5.75 Å². The quantitative estimate of drug-likeness (QED) is 0.451. The fraction of sp³-hybridized carbons (Fsp3) is 0.654. The van der Waals surface area contributed by atoms with Crippen molar-refractivity contribution in [3.05, 3.63) is 30.1 Å². The molecule has 2 aromatic rings. The van der Waals surface area contributed by atoms with Crippen LogP contribution in [-0.2, 0) is 11.3 Å². The first-order chi connectivity index (χ1) is 16.5. The van der Waals surface area contributed by atoms with Crippen LogP contribution in [0.2, 0.25) is 0 Å². The van der Waals surface area contributed by atoms with Crippen molar-refractivity contribution in [2.24, 2.45) is 5.92 Å². The molecule has 2 aliphatic rings. The maximum absolute atomic E-state index is 13.0. The summed E-state index contributed by atoms with van der Waals surface area (Å²) in [6.07, 6.45) is 10.8. The molecule has 3 atom stereocenters. The summed E-state index contributed by atoms with van der Waals surface area (Å²) in [5.74, 6) is 2.40. The highest BCUT2D eigenvalue weighted by Gasteiger charge is 2.28. The zero-order valence-corrected chi connectivity index (χ0v) is 21.6. The Bertz CT molecular complexity index is 943. The van der Waals surface area contributed by atoms with E-state index in [-0.39, 0.29) is 11.2 Å². The second-order valence-electron chi connectivity index (χ2n) is 9.78. The maximum Gasteiger partial charge on any atom is 0.233 e. The summed E-state index contributed by atoms with van der Waals surface area (Å²) >= 11 is 1.54. The van der Waals surface area contributed by atoms with E-state index in [1.54, 1.807) is 7.11 Å². The summed E-state index contributed by atoms with van der Waals surface area (Å²) in [7, 11) is 1.68. The van der Waals surface area contributed by atoms with E-state index in [0.29, 0.717) is 24.5 Å². The third-order valence-corrected chi connectivity index (χ3v) is 8.34. The molecular formula is C26H39N5O2S. The summed E-state index contributed by atoms with van der Waals surface area (Å²) in [6.45, 7) is 4.82. The minimum Gasteiger partial charge on any atom is -0.497 e. The van der Waals surface area contributed by atoms with Crippen LogP contribution in [0.4, 0.5) is 5.69 Å². The predicted molar refractivity (Wildman–Crippen MR) is 137 cm³/mol. The number of aromatic nitrogens is 3. The molecule has 1 amide bonds. The number of thioether (sulfide) groups is 1. The summed E-state index contributed by atoms with van der Waals surface area (Å²) in [5.41, 5.74) is 0.987. The number of hydrogen-bond donors (Lipinski definition) is 2. The van der Waals surface area contributed by atoms with Gasteiger partial charge in [-0.1, -0.05) is 56.9 Å². The van der Waals surface area contributed by atoms with E-state index >= 15 is 0 Å². The monoisotopic (exact) mass is 485 g/mol. The SMILES string of the molecule is COc1cccc(NCc2nnc(SC(C)C(=O)NC3CCCCC3C)n2C2CCCCC2)c1. The molecule has 0 bridgehead atoms. The van der Waals surface area contributed by atoms with Crippen LogP contribution in [-0.4, -0.2) is 39.1 Å². The number of anilines is 1. The van der Waals surface area contributed by atoms with Gasteiger partial charge in [-0.05, 0) is 50.7 Å². The van der Waals surface area contributed by atoms with Gasteiger partial charge in [0, 0.05) is 23.8 Å². The number of amides is 1. The van der Waals surface area contributed by atoms with Gasteiger partial charge >= 0.3 is 0 Å². The van der Waals surface area contributed by atoms with Crippen LogP contribution in [0.5, 0.6) is 5.75 Å². The van der Waals surface area contributed by atoms with Crippen LogP contribution in [0.1, 0.15) is 83.5 Å². The Labute approximate surface area is 207 Å². The molecule has 2 aliphatic carbocycles. The number of benzene rings is 1. The third kappa shape index (κ3) is 6.26. The van der Waals surface area contributed by atoms with Crippen LogP contribution in [0.3, 0.4) is 0 Å². The molecule has 0 aliphatic heterocycles. The van der Waals surface area contributed by atoms with Gasteiger partial charge in [0.2, 0.25) is 5.91 Å². The molecule has 2 N–H and O–H groups in total. The van der Waals surface area contributed by atoms with Gasteiger partial charge in [0.05, 0.1) is 18.9 Å². The number of ether oxygens (including phenoxy) is 1. The molecule has 34 heavy (non-hydrogen) atoms. The highest BCUT2D eigenvalue weighted by Crippen LogP contribution is 2.34. The number of carbonyl (C=O) groups excluding carboxylic acids is 1. The van der Waals surface area contributed by atoms with Crippen LogP contribution in [0.15, 0.2) is 29.4 Å². The Morgan fingerprint density at radius 3 is 2.68 bits per heavy atom. The van der Waals surface area contributed by atoms with Crippen LogP contribution in [0.25, 0.3) is 0 Å². The van der Waals surface area contributed by atoms with Gasteiger partial charge in [0.1, 0.15) is 5.75 Å². The van der Waals surface area contributed by atoms with E-state index in [0.717, 1.165) is 41.7 Å². The number of nitrogens with zero attached hydrogens (tertiary/aromatic N) is 3. The first-order valence-corrected chi connectivity index (χ1v) is 13.7. The van der Waals surface area contributed by atoms with Crippen molar-refractivity contribution in [1.29, 1.82) is 0 Å². The van der Waals surface area contributed by atoms with E-state index in [2.05, 4.69) is 32.3 Å². The van der Waals surface area contributed by atoms with Gasteiger partial charge in [0.15, 0.2) is 11.0 Å². The number of hydrogen-bond acceptors (Lipinski definition) is 6. The Balaban J connectivity index is 1.46. The van der Waals surface area contributed by atoms with Crippen molar-refractivity contribution < 1.29 is 9.53 Å². The normalized spacial score (nSPS) is 22.2. The lowest BCUT2D eigenvalue weighted by atomic mass is 9.86. The summed E-state index contributed by atoms with van der Waals surface area (Å²) in [4.78, 5) is 13.0. The predicted octanol–water partition coefficient (Wildman–Crippen LogP) is 5.58. The molecule has 1 aromatic carbocycles. The fourth-order valence-electron chi connectivity index (χ4n) is 5.17. The first-order valence-electron chi connectivity index (χ1n) is 12.8. The van der Waals surface area contributed by atoms with Crippen LogP contribution < -0.4 is 15.4 Å². The molecule has 186 valence electrons. The lowest BCUT2D eigenvalue weighted by Gasteiger charge is -2.30. The zero-order valence-electron chi connectivity index (χ0n) is 20.8. The number of rotatable bonds is 9. The van der Waals surface area contributed by atoms with E-state index < -0.39 is 0 Å². The second-order valence-corrected chi connectivity index (χ2v) is 11.1. The molecule has 7 nitrogen and oxygen atoms in total. The van der Waals surface area contributed by atoms with E-state index in [9.17, 15) is 4.79 Å². The first kappa shape index (κ1) is 24.9. The fourth-order valence-corrected chi connectivity index (χ4v) is 6.12. The average molecular weight is 486 g/mol. The minimum absolute atomic E-state index is 0.109. The smallest absolute Gasteiger partial charge is 0.233 e. The van der Waals surface area contributed by atoms with Crippen molar-refractivity contribution in [3.63, 3.8) is 0 Å². The zero-order chi connectivity index (χ0) is 23.9. The van der Waals surface area contributed by atoms with Gasteiger partial charge in [-0.3, -0.25) is 4.79 Å². The van der Waals surface area contributed by atoms with Crippen molar-refractivity contribution in [2.75, 3.05) is 12.4 Å². The minimum atomic E-state index is -0.208. The number of methoxy groups -OCH3 is 1. The number of nitrogens with one attached hydrogen (secondary N) is 2. The van der Waals surface area contributed by atoms with Crippen LogP contribution >= 0.6 is 11.8 Å². The van der Waals surface area contributed by atoms with Gasteiger partial charge < -0.3 is 19.9 Å². The highest BCUT2D eigenvalue weighted by atomic mass is 32.2. The lowest BCUT2D eigenvalue weighted by Crippen LogP contribution is -2.44. The van der Waals surface area contributed by atoms with Crippen molar-refractivity contribution in [2.45, 2.75) is 101 Å². The van der Waals surface area contributed by atoms with Crippen molar-refractivity contribution >= 4 is 23.4 Å². The van der Waals surface area contributed by atoms with E-state index in [1.165, 1.54) is 50.3 Å². The topological polar surface area (TPSA) is 81.1 Å². The Morgan fingerprint density at radius 2 is 1.91 bits per heavy atom. The maximum atomic E-state index is 13.0. The van der Waals surface area contributed by atoms with Gasteiger partial charge in [0.25, 0.3) is 0 Å². The third-order valence-electron chi connectivity index (χ3n) is 7.29. The van der Waals surface area contributed by atoms with Gasteiger partial charge in [-0.15, -0.1) is 10.2 Å². The number of carbonyl (C=O) groups is 1. The largest absolute Gasteiger partial charge is 0.497 e. The van der Waals surface area contributed by atoms with Crippen molar-refractivity contribution in [1.82, 2.24) is 20.1 Å². The standard InChI is InChI=1S/C26H39N5O2S/c1-18-10-7-8-15-23(18)28-25(32)19(2)34-26-30-29-24(31(26)21-12-5-4-6-13-21)17-27-20-11-9-14-22(16-20)33-3/h9,11,14,16,18-19,21,23,27H,4-8,10,12-13,15,17H2,1-3H3,(H,28,32). The molecule has 2 saturated carbocycles. The summed E-state index contributed by atoms with van der Waals surface area (Å²) in [5, 5.41) is 16.5. The summed E-state index contributed by atoms with van der Waals surface area (Å²) in [6, 6.07) is 8.60. The average Bonchev–Trinajstić information content (AvgIpc) is 3.27. The van der Waals surface area contributed by atoms with Gasteiger partial charge in [-0.2, -0.15) is 0 Å². The molecule has 0 spiro atoms. The van der Waals surface area contributed by atoms with Crippen LogP contribution in [0, 0.1) is 5.92 Å². The molecule has 0 radical (unpaired) electrons. The molecule has 8 heteroatoms. The highest BCUT2D eigenvalue weighted by molar-refractivity contribution is 8.00. The molecule has 4 rings (SSSR count). The van der Waals surface area contributed by atoms with Gasteiger partial charge in [-0.25, -0.2) is 0 Å². The molecule has 2 fully saturated rings. The molecule has 1 aromatic heterocycles. The van der Waals surface area contributed by atoms with E-state index in [1.807, 2.05) is 31.2 Å². The molecule has 0 saturated heterocycles. The second kappa shape index (κ2) is 12.0. The Morgan fingerprint density at radius 1 is 1.15 bits per heavy atom. The molecule has 1 heterocycles. The van der Waals surface area contributed by atoms with E-state index in [4.69, 9.17) is 4.74 Å². The molecular weight excluding hydrogens is 446 g/mol.